The number of nitrogens with one attached hydrogen (secondary N) is 1. The summed E-state index contributed by atoms with van der Waals surface area (Å²) in [4.78, 5) is 19.4. The van der Waals surface area contributed by atoms with Gasteiger partial charge in [0.25, 0.3) is 5.91 Å². The van der Waals surface area contributed by atoms with E-state index in [2.05, 4.69) is 30.6 Å². The third-order valence-electron chi connectivity index (χ3n) is 3.80. The molecule has 9 heteroatoms. The molecular formula is C15H15BrN4O3S. The summed E-state index contributed by atoms with van der Waals surface area (Å²) in [6.07, 6.45) is 3.17. The van der Waals surface area contributed by atoms with Crippen molar-refractivity contribution >= 4 is 31.9 Å². The Balaban J connectivity index is 1.77. The van der Waals surface area contributed by atoms with Gasteiger partial charge in [0, 0.05) is 22.4 Å². The maximum atomic E-state index is 12.5. The maximum Gasteiger partial charge on any atom is 0.286 e. The Hall–Kier alpha value is -1.84. The second-order valence-corrected chi connectivity index (χ2v) is 8.18. The molecule has 1 aromatic heterocycles. The highest BCUT2D eigenvalue weighted by atomic mass is 79.9. The Morgan fingerprint density at radius 1 is 1.38 bits per heavy atom. The van der Waals surface area contributed by atoms with Crippen LogP contribution in [0.2, 0.25) is 0 Å². The van der Waals surface area contributed by atoms with Crippen molar-refractivity contribution in [1.82, 2.24) is 14.7 Å². The summed E-state index contributed by atoms with van der Waals surface area (Å²) >= 11 is 3.27. The molecule has 2 aromatic rings. The van der Waals surface area contributed by atoms with Crippen LogP contribution < -0.4 is 10.5 Å². The number of aromatic nitrogens is 2. The van der Waals surface area contributed by atoms with Crippen LogP contribution in [0.25, 0.3) is 0 Å². The van der Waals surface area contributed by atoms with E-state index in [1.807, 2.05) is 0 Å². The lowest BCUT2D eigenvalue weighted by atomic mass is 9.93. The Morgan fingerprint density at radius 3 is 2.88 bits per heavy atom. The van der Waals surface area contributed by atoms with Crippen LogP contribution in [0, 0.1) is 0 Å². The standard InChI is InChI=1S/C15H15BrN4O3S/c16-10-2-1-3-12(7-10)24(22,23)20-11-4-5-13-9(6-11)8-18-15(19-13)14(17)21/h1-3,7-8,11,20H,4-6H2,(H2,17,21). The highest BCUT2D eigenvalue weighted by Gasteiger charge is 2.26. The van der Waals surface area contributed by atoms with Gasteiger partial charge in [-0.15, -0.1) is 0 Å². The third-order valence-corrected chi connectivity index (χ3v) is 5.81. The predicted molar refractivity (Wildman–Crippen MR) is 90.8 cm³/mol. The van der Waals surface area contributed by atoms with Gasteiger partial charge in [-0.05, 0) is 43.0 Å². The van der Waals surface area contributed by atoms with Crippen LogP contribution in [0.4, 0.5) is 0 Å². The topological polar surface area (TPSA) is 115 Å². The van der Waals surface area contributed by atoms with E-state index < -0.39 is 15.9 Å². The van der Waals surface area contributed by atoms with Crippen molar-refractivity contribution in [2.24, 2.45) is 5.73 Å². The van der Waals surface area contributed by atoms with Gasteiger partial charge in [-0.3, -0.25) is 4.79 Å². The average Bonchev–Trinajstić information content (AvgIpc) is 2.54. The number of hydrogen-bond donors (Lipinski definition) is 2. The van der Waals surface area contributed by atoms with Gasteiger partial charge in [0.1, 0.15) is 0 Å². The van der Waals surface area contributed by atoms with Gasteiger partial charge in [-0.1, -0.05) is 22.0 Å². The van der Waals surface area contributed by atoms with Crippen molar-refractivity contribution in [1.29, 1.82) is 0 Å². The summed E-state index contributed by atoms with van der Waals surface area (Å²) < 4.78 is 28.4. The minimum atomic E-state index is -3.60. The molecule has 3 N–H and O–H groups in total. The fraction of sp³-hybridized carbons (Fsp3) is 0.267. The highest BCUT2D eigenvalue weighted by molar-refractivity contribution is 9.10. The van der Waals surface area contributed by atoms with Crippen LogP contribution in [0.5, 0.6) is 0 Å². The van der Waals surface area contributed by atoms with Crippen molar-refractivity contribution in [2.75, 3.05) is 0 Å². The molecule has 0 spiro atoms. The van der Waals surface area contributed by atoms with E-state index in [1.165, 1.54) is 0 Å². The molecule has 0 saturated carbocycles. The number of rotatable bonds is 4. The molecule has 3 rings (SSSR count). The minimum absolute atomic E-state index is 0.0121. The molecule has 1 aliphatic rings. The molecule has 1 atom stereocenters. The largest absolute Gasteiger partial charge is 0.363 e. The summed E-state index contributed by atoms with van der Waals surface area (Å²) in [5.74, 6) is -0.683. The van der Waals surface area contributed by atoms with Crippen LogP contribution in [0.1, 0.15) is 28.3 Å². The first-order valence-electron chi connectivity index (χ1n) is 7.27. The van der Waals surface area contributed by atoms with E-state index in [0.29, 0.717) is 23.7 Å². The number of carbonyl (C=O) groups is 1. The van der Waals surface area contributed by atoms with Crippen LogP contribution in [-0.4, -0.2) is 30.3 Å². The Labute approximate surface area is 147 Å². The number of benzene rings is 1. The summed E-state index contributed by atoms with van der Waals surface area (Å²) in [7, 11) is -3.60. The number of amides is 1. The molecule has 1 heterocycles. The zero-order chi connectivity index (χ0) is 17.3. The lowest BCUT2D eigenvalue weighted by Crippen LogP contribution is -2.39. The van der Waals surface area contributed by atoms with Crippen molar-refractivity contribution in [3.05, 3.63) is 52.0 Å². The number of halogens is 1. The number of hydrogen-bond acceptors (Lipinski definition) is 5. The summed E-state index contributed by atoms with van der Waals surface area (Å²) in [6, 6.07) is 6.30. The quantitative estimate of drug-likeness (QED) is 0.784. The van der Waals surface area contributed by atoms with E-state index in [0.717, 1.165) is 11.3 Å². The zero-order valence-corrected chi connectivity index (χ0v) is 15.0. The van der Waals surface area contributed by atoms with Crippen molar-refractivity contribution in [3.8, 4) is 0 Å². The van der Waals surface area contributed by atoms with Crippen molar-refractivity contribution < 1.29 is 13.2 Å². The van der Waals surface area contributed by atoms with E-state index in [1.54, 1.807) is 30.5 Å². The van der Waals surface area contributed by atoms with Gasteiger partial charge in [0.05, 0.1) is 4.90 Å². The Morgan fingerprint density at radius 2 is 2.17 bits per heavy atom. The molecule has 1 unspecified atom stereocenters. The van der Waals surface area contributed by atoms with Gasteiger partial charge in [0.15, 0.2) is 0 Å². The Kier molecular flexibility index (Phi) is 4.66. The monoisotopic (exact) mass is 410 g/mol. The van der Waals surface area contributed by atoms with E-state index in [-0.39, 0.29) is 16.8 Å². The molecule has 24 heavy (non-hydrogen) atoms. The zero-order valence-electron chi connectivity index (χ0n) is 12.6. The predicted octanol–water partition coefficient (Wildman–Crippen LogP) is 1.17. The van der Waals surface area contributed by atoms with Crippen molar-refractivity contribution in [2.45, 2.75) is 30.2 Å². The fourth-order valence-corrected chi connectivity index (χ4v) is 4.52. The molecule has 0 radical (unpaired) electrons. The number of carbonyl (C=O) groups excluding carboxylic acids is 1. The lowest BCUT2D eigenvalue weighted by Gasteiger charge is -2.24. The van der Waals surface area contributed by atoms with E-state index in [9.17, 15) is 13.2 Å². The van der Waals surface area contributed by atoms with Gasteiger partial charge >= 0.3 is 0 Å². The first-order chi connectivity index (χ1) is 11.3. The molecule has 7 nitrogen and oxygen atoms in total. The number of fused-ring (bicyclic) bond motifs is 1. The molecule has 1 aromatic carbocycles. The van der Waals surface area contributed by atoms with Gasteiger partial charge in [-0.25, -0.2) is 23.1 Å². The minimum Gasteiger partial charge on any atom is -0.363 e. The van der Waals surface area contributed by atoms with E-state index in [4.69, 9.17) is 5.73 Å². The molecule has 126 valence electrons. The number of primary amides is 1. The van der Waals surface area contributed by atoms with Crippen LogP contribution in [0.3, 0.4) is 0 Å². The summed E-state index contributed by atoms with van der Waals surface area (Å²) in [5.41, 5.74) is 6.75. The maximum absolute atomic E-state index is 12.5. The van der Waals surface area contributed by atoms with Crippen LogP contribution in [0.15, 0.2) is 39.8 Å². The first-order valence-corrected chi connectivity index (χ1v) is 9.55. The number of nitrogens with two attached hydrogens (primary N) is 1. The second kappa shape index (κ2) is 6.58. The molecule has 0 bridgehead atoms. The first kappa shape index (κ1) is 17.0. The average molecular weight is 411 g/mol. The molecular weight excluding hydrogens is 396 g/mol. The lowest BCUT2D eigenvalue weighted by molar-refractivity contribution is 0.0990. The molecule has 0 saturated heterocycles. The SMILES string of the molecule is NC(=O)c1ncc2c(n1)CCC(NS(=O)(=O)c1cccc(Br)c1)C2. The van der Waals surface area contributed by atoms with Gasteiger partial charge in [-0.2, -0.15) is 0 Å². The smallest absolute Gasteiger partial charge is 0.286 e. The highest BCUT2D eigenvalue weighted by Crippen LogP contribution is 2.22. The van der Waals surface area contributed by atoms with Gasteiger partial charge < -0.3 is 5.73 Å². The van der Waals surface area contributed by atoms with Crippen molar-refractivity contribution in [3.63, 3.8) is 0 Å². The van der Waals surface area contributed by atoms with Crippen LogP contribution in [-0.2, 0) is 22.9 Å². The fourth-order valence-electron chi connectivity index (χ4n) is 2.65. The van der Waals surface area contributed by atoms with Gasteiger partial charge in [0.2, 0.25) is 15.8 Å². The normalized spacial score (nSPS) is 17.3. The Bertz CT molecular complexity index is 901. The molecule has 1 amide bonds. The van der Waals surface area contributed by atoms with Crippen LogP contribution >= 0.6 is 15.9 Å². The number of sulfonamides is 1. The van der Waals surface area contributed by atoms with E-state index >= 15 is 0 Å². The molecule has 1 aliphatic carbocycles. The second-order valence-electron chi connectivity index (χ2n) is 5.55. The molecule has 0 aliphatic heterocycles. The summed E-state index contributed by atoms with van der Waals surface area (Å²) in [6.45, 7) is 0. The summed E-state index contributed by atoms with van der Waals surface area (Å²) in [5, 5.41) is 0. The third kappa shape index (κ3) is 3.63. The number of aryl methyl sites for hydroxylation is 1. The number of nitrogens with zero attached hydrogens (tertiary/aromatic N) is 2. The molecule has 0 fully saturated rings.